The number of benzene rings is 2. The summed E-state index contributed by atoms with van der Waals surface area (Å²) in [5.74, 6) is -0.358. The minimum absolute atomic E-state index is 0.358. The fraction of sp³-hybridized carbons (Fsp3) is 0. The highest BCUT2D eigenvalue weighted by molar-refractivity contribution is 5.81. The topological polar surface area (TPSA) is 0 Å². The van der Waals surface area contributed by atoms with Crippen LogP contribution in [-0.2, 0) is 0 Å². The van der Waals surface area contributed by atoms with Crippen molar-refractivity contribution in [2.24, 2.45) is 0 Å². The maximum atomic E-state index is 12.5. The van der Waals surface area contributed by atoms with Crippen LogP contribution in [-0.4, -0.2) is 0 Å². The molecule has 0 aliphatic carbocycles. The third-order valence-electron chi connectivity index (χ3n) is 1.56. The highest BCUT2D eigenvalue weighted by atomic mass is 19.1. The molecule has 0 atom stereocenters. The molecule has 0 unspecified atom stereocenters. The van der Waals surface area contributed by atoms with Crippen LogP contribution in [0.1, 0.15) is 0 Å². The summed E-state index contributed by atoms with van der Waals surface area (Å²) in [7, 11) is 0. The van der Waals surface area contributed by atoms with Crippen LogP contribution in [0.25, 0.3) is 10.8 Å². The molecule has 2 radical (unpaired) electrons. The molecule has 52 valence electrons. The Morgan fingerprint density at radius 2 is 1.91 bits per heavy atom. The fourth-order valence-electron chi connectivity index (χ4n) is 1.04. The molecule has 0 bridgehead atoms. The van der Waals surface area contributed by atoms with E-state index in [0.29, 0.717) is 0 Å². The molecule has 0 amide bonds. The lowest BCUT2D eigenvalue weighted by atomic mass is 10.1. The van der Waals surface area contributed by atoms with Crippen LogP contribution in [0.4, 0.5) is 4.39 Å². The smallest absolute Gasteiger partial charge is 0.132 e. The van der Waals surface area contributed by atoms with Gasteiger partial charge in [-0.3, -0.25) is 0 Å². The summed E-state index contributed by atoms with van der Waals surface area (Å²) < 4.78 is 12.5. The first-order valence-electron chi connectivity index (χ1n) is 3.34. The molecule has 0 aliphatic rings. The van der Waals surface area contributed by atoms with Crippen molar-refractivity contribution in [2.45, 2.75) is 0 Å². The zero-order valence-electron chi connectivity index (χ0n) is 5.76. The minimum atomic E-state index is -0.358. The zero-order chi connectivity index (χ0) is 7.68. The molecular formula is C10H5F. The molecule has 0 nitrogen and oxygen atoms in total. The van der Waals surface area contributed by atoms with E-state index in [1.54, 1.807) is 0 Å². The Morgan fingerprint density at radius 1 is 1.09 bits per heavy atom. The van der Waals surface area contributed by atoms with E-state index in [9.17, 15) is 4.39 Å². The summed E-state index contributed by atoms with van der Waals surface area (Å²) in [5.41, 5.74) is 0. The summed E-state index contributed by atoms with van der Waals surface area (Å²) in [6.07, 6.45) is 0. The Kier molecular flexibility index (Phi) is 1.35. The second-order valence-electron chi connectivity index (χ2n) is 2.33. The van der Waals surface area contributed by atoms with E-state index in [0.717, 1.165) is 10.8 Å². The van der Waals surface area contributed by atoms with Gasteiger partial charge in [0.05, 0.1) is 0 Å². The van der Waals surface area contributed by atoms with Gasteiger partial charge >= 0.3 is 0 Å². The number of rotatable bonds is 0. The fourth-order valence-corrected chi connectivity index (χ4v) is 1.04. The number of hydrogen-bond donors (Lipinski definition) is 0. The number of fused-ring (bicyclic) bond motifs is 1. The maximum absolute atomic E-state index is 12.5. The van der Waals surface area contributed by atoms with E-state index >= 15 is 0 Å². The largest absolute Gasteiger partial charge is 0.206 e. The van der Waals surface area contributed by atoms with Gasteiger partial charge in [0.2, 0.25) is 0 Å². The third kappa shape index (κ3) is 1.09. The predicted molar refractivity (Wildman–Crippen MR) is 41.6 cm³/mol. The van der Waals surface area contributed by atoms with Gasteiger partial charge in [0.1, 0.15) is 5.82 Å². The van der Waals surface area contributed by atoms with Crippen molar-refractivity contribution in [3.63, 3.8) is 0 Å². The van der Waals surface area contributed by atoms with Gasteiger partial charge in [-0.05, 0) is 16.8 Å². The normalized spacial score (nSPS) is 10.3. The first-order valence-corrected chi connectivity index (χ1v) is 3.34. The van der Waals surface area contributed by atoms with Crippen LogP contribution in [0.15, 0.2) is 30.3 Å². The van der Waals surface area contributed by atoms with E-state index in [4.69, 9.17) is 0 Å². The average molecular weight is 144 g/mol. The maximum Gasteiger partial charge on any atom is 0.132 e. The van der Waals surface area contributed by atoms with Gasteiger partial charge in [-0.2, -0.15) is 0 Å². The average Bonchev–Trinajstić information content (AvgIpc) is 2.04. The van der Waals surface area contributed by atoms with E-state index in [1.165, 1.54) is 6.07 Å². The van der Waals surface area contributed by atoms with Crippen LogP contribution in [0.2, 0.25) is 0 Å². The molecule has 2 rings (SSSR count). The molecule has 2 aromatic carbocycles. The van der Waals surface area contributed by atoms with E-state index in [-0.39, 0.29) is 5.82 Å². The molecule has 0 aliphatic heterocycles. The van der Waals surface area contributed by atoms with Crippen LogP contribution in [0, 0.1) is 17.9 Å². The second-order valence-corrected chi connectivity index (χ2v) is 2.33. The lowest BCUT2D eigenvalue weighted by Crippen LogP contribution is -1.75. The zero-order valence-corrected chi connectivity index (χ0v) is 5.76. The number of hydrogen-bond acceptors (Lipinski definition) is 0. The molecule has 0 aromatic heterocycles. The van der Waals surface area contributed by atoms with Gasteiger partial charge in [0, 0.05) is 12.1 Å². The van der Waals surface area contributed by atoms with Crippen LogP contribution < -0.4 is 0 Å². The summed E-state index contributed by atoms with van der Waals surface area (Å²) in [5, 5.41) is 1.76. The van der Waals surface area contributed by atoms with Crippen molar-refractivity contribution in [1.29, 1.82) is 0 Å². The summed E-state index contributed by atoms with van der Waals surface area (Å²) >= 11 is 0. The first-order chi connectivity index (χ1) is 5.36. The minimum Gasteiger partial charge on any atom is -0.206 e. The van der Waals surface area contributed by atoms with Crippen LogP contribution in [0.3, 0.4) is 0 Å². The Morgan fingerprint density at radius 3 is 2.82 bits per heavy atom. The van der Waals surface area contributed by atoms with Crippen molar-refractivity contribution in [1.82, 2.24) is 0 Å². The lowest BCUT2D eigenvalue weighted by molar-refractivity contribution is 0.627. The van der Waals surface area contributed by atoms with Crippen LogP contribution >= 0.6 is 0 Å². The van der Waals surface area contributed by atoms with Crippen molar-refractivity contribution in [2.75, 3.05) is 0 Å². The van der Waals surface area contributed by atoms with Gasteiger partial charge in [0.15, 0.2) is 0 Å². The Labute approximate surface area is 64.3 Å². The quantitative estimate of drug-likeness (QED) is 0.533. The van der Waals surface area contributed by atoms with Gasteiger partial charge in [-0.15, -0.1) is 0 Å². The Bertz CT molecular complexity index is 379. The lowest BCUT2D eigenvalue weighted by Gasteiger charge is -1.93. The first kappa shape index (κ1) is 6.35. The Balaban J connectivity index is 2.83. The molecule has 0 N–H and O–H groups in total. The van der Waals surface area contributed by atoms with E-state index in [2.05, 4.69) is 12.1 Å². The van der Waals surface area contributed by atoms with Crippen LogP contribution in [0.5, 0.6) is 0 Å². The van der Waals surface area contributed by atoms with Crippen molar-refractivity contribution < 1.29 is 4.39 Å². The van der Waals surface area contributed by atoms with Crippen molar-refractivity contribution in [3.8, 4) is 0 Å². The summed E-state index contributed by atoms with van der Waals surface area (Å²) in [6.45, 7) is 0. The van der Waals surface area contributed by atoms with Gasteiger partial charge in [-0.25, -0.2) is 4.39 Å². The molecular weight excluding hydrogens is 139 g/mol. The molecule has 0 heterocycles. The highest BCUT2D eigenvalue weighted by Crippen LogP contribution is 2.12. The van der Waals surface area contributed by atoms with Gasteiger partial charge in [-0.1, -0.05) is 24.3 Å². The summed E-state index contributed by atoms with van der Waals surface area (Å²) in [6, 6.07) is 14.0. The SMILES string of the molecule is Fc1[c][c]c2ccccc2c1. The van der Waals surface area contributed by atoms with Crippen molar-refractivity contribution in [3.05, 3.63) is 48.3 Å². The molecule has 0 spiro atoms. The Hall–Kier alpha value is -1.37. The number of halogens is 1. The molecule has 1 heteroatoms. The second kappa shape index (κ2) is 2.35. The summed E-state index contributed by atoms with van der Waals surface area (Å²) in [4.78, 5) is 0. The molecule has 0 saturated heterocycles. The van der Waals surface area contributed by atoms with E-state index in [1.807, 2.05) is 24.3 Å². The third-order valence-corrected chi connectivity index (χ3v) is 1.56. The highest BCUT2D eigenvalue weighted by Gasteiger charge is 1.93. The molecule has 0 fully saturated rings. The molecule has 0 saturated carbocycles. The predicted octanol–water partition coefficient (Wildman–Crippen LogP) is 2.58. The standard InChI is InChI=1S/C10H5F/c11-10-6-5-8-3-1-2-4-9(8)7-10/h1-4,7H. The van der Waals surface area contributed by atoms with E-state index < -0.39 is 0 Å². The van der Waals surface area contributed by atoms with Gasteiger partial charge < -0.3 is 0 Å². The molecule has 2 aromatic rings. The van der Waals surface area contributed by atoms with Crippen molar-refractivity contribution >= 4 is 10.8 Å². The molecule has 11 heavy (non-hydrogen) atoms. The van der Waals surface area contributed by atoms with Gasteiger partial charge in [0.25, 0.3) is 0 Å². The monoisotopic (exact) mass is 144 g/mol.